The number of carbonyl (C=O) groups is 5. The van der Waals surface area contributed by atoms with Crippen LogP contribution in [0.2, 0.25) is 20.4 Å². The Balaban J connectivity index is 0.000000182. The third-order valence-corrected chi connectivity index (χ3v) is 12.6. The van der Waals surface area contributed by atoms with Crippen molar-refractivity contribution in [3.05, 3.63) is 115 Å². The van der Waals surface area contributed by atoms with Crippen LogP contribution in [0.1, 0.15) is 67.7 Å². The van der Waals surface area contributed by atoms with E-state index in [9.17, 15) is 28.4 Å². The minimum atomic E-state index is -1.33. The summed E-state index contributed by atoms with van der Waals surface area (Å²) in [6, 6.07) is 12.1. The molecule has 67 heavy (non-hydrogen) atoms. The van der Waals surface area contributed by atoms with Crippen molar-refractivity contribution < 1.29 is 51.7 Å². The first-order valence-electron chi connectivity index (χ1n) is 21.1. The number of rotatable bonds is 6. The molecule has 3 saturated heterocycles. The number of benzene rings is 2. The molecule has 356 valence electrons. The molecule has 2 spiro atoms. The third-order valence-electron chi connectivity index (χ3n) is 11.6. The fraction of sp³-hybridized carbons (Fsp3) is 0.370. The lowest BCUT2D eigenvalue weighted by Crippen LogP contribution is -2.61. The Morgan fingerprint density at radius 3 is 2.04 bits per heavy atom. The van der Waals surface area contributed by atoms with Crippen molar-refractivity contribution >= 4 is 99.0 Å². The second kappa shape index (κ2) is 22.8. The number of halogens is 6. The minimum absolute atomic E-state index is 0.0200. The van der Waals surface area contributed by atoms with Crippen LogP contribution in [0.15, 0.2) is 60.9 Å². The highest BCUT2D eigenvalue weighted by atomic mass is 35.5. The normalized spacial score (nSPS) is 21.4. The number of nitrogens with one attached hydrogen (secondary N) is 3. The molecule has 0 saturated carbocycles. The van der Waals surface area contributed by atoms with Gasteiger partial charge in [0.05, 0.1) is 38.7 Å². The number of ketones is 1. The number of fused-ring (bicyclic) bond motifs is 4. The van der Waals surface area contributed by atoms with Crippen LogP contribution in [0.25, 0.3) is 11.6 Å². The molecule has 21 heteroatoms. The molecule has 2 aromatic heterocycles. The number of hydrogen-bond donors (Lipinski definition) is 4. The SMILES string of the molecule is CCOC(=O)CN.CCOC(=O)[C@@H]1NC2(CCOCC2)[C@@]2(C(=O)Nc3cc(Cl)ccc32)[C@H]1c1ccnc(Cl)c1F.O=C1CCOCC1.O=C1Nc2cc(Cl)ccc2C1=Cc1ccnc(Cl)c1F. The van der Waals surface area contributed by atoms with Crippen LogP contribution in [0, 0.1) is 11.6 Å². The first-order valence-corrected chi connectivity index (χ1v) is 22.6. The van der Waals surface area contributed by atoms with Crippen LogP contribution in [-0.4, -0.2) is 97.3 Å². The molecule has 5 aliphatic rings. The predicted molar refractivity (Wildman–Crippen MR) is 248 cm³/mol. The van der Waals surface area contributed by atoms with E-state index in [-0.39, 0.29) is 52.4 Å². The molecule has 0 aliphatic carbocycles. The number of nitrogens with zero attached hydrogens (tertiary/aromatic N) is 2. The smallest absolute Gasteiger partial charge is 0.323 e. The van der Waals surface area contributed by atoms with Gasteiger partial charge in [0.25, 0.3) is 5.91 Å². The summed E-state index contributed by atoms with van der Waals surface area (Å²) in [7, 11) is 0. The van der Waals surface area contributed by atoms with Crippen molar-refractivity contribution in [1.82, 2.24) is 15.3 Å². The number of esters is 2. The number of hydrogen-bond acceptors (Lipinski definition) is 13. The first-order chi connectivity index (χ1) is 32.1. The molecule has 3 atom stereocenters. The number of carbonyl (C=O) groups excluding carboxylic acids is 5. The quantitative estimate of drug-likeness (QED) is 0.0840. The molecule has 5 aliphatic heterocycles. The van der Waals surface area contributed by atoms with Gasteiger partial charge in [0, 0.05) is 82.3 Å². The minimum Gasteiger partial charge on any atom is -0.465 e. The number of aromatic nitrogens is 2. The molecule has 0 bridgehead atoms. The molecule has 3 fully saturated rings. The molecular formula is C46H46Cl4F2N6O9. The van der Waals surface area contributed by atoms with E-state index in [4.69, 9.17) is 66.3 Å². The summed E-state index contributed by atoms with van der Waals surface area (Å²) in [6.45, 7) is 6.02. The Morgan fingerprint density at radius 1 is 0.821 bits per heavy atom. The van der Waals surface area contributed by atoms with Gasteiger partial charge in [-0.3, -0.25) is 29.3 Å². The Bertz CT molecular complexity index is 2550. The summed E-state index contributed by atoms with van der Waals surface area (Å²) in [5.74, 6) is -3.58. The topological polar surface area (TPSA) is 210 Å². The van der Waals surface area contributed by atoms with E-state index in [1.807, 2.05) is 0 Å². The Labute approximate surface area is 404 Å². The van der Waals surface area contributed by atoms with E-state index in [1.54, 1.807) is 50.2 Å². The highest BCUT2D eigenvalue weighted by molar-refractivity contribution is 6.37. The summed E-state index contributed by atoms with van der Waals surface area (Å²) in [4.78, 5) is 67.1. The number of nitrogens with two attached hydrogens (primary N) is 1. The molecule has 9 rings (SSSR count). The Morgan fingerprint density at radius 2 is 1.43 bits per heavy atom. The standard InChI is InChI=1S/C23H22Cl2FN3O4.C14H7Cl2FN2O.C5H8O2.C4H9NO2/c1-2-33-20(30)18-16(13-5-8-27-19(25)17(13)26)23(22(29-18)6-9-32-10-7-22)14-4-3-12(24)11-15(14)28-21(23)31;15-8-1-2-9-10(14(20)19-11(9)6-8)5-7-3-4-18-13(16)12(7)17;6-5-1-3-7-4-2-5;1-2-7-4(6)3-5/h3-5,8,11,16,18,29H,2,6-7,9-10H2,1H3,(H,28,31);1-6H,(H,19,20);1-4H2;2-3,5H2,1H3/t16-,18+,23+;;;/m0.../s1. The van der Waals surface area contributed by atoms with E-state index in [0.29, 0.717) is 103 Å². The molecular weight excluding hydrogens is 960 g/mol. The number of anilines is 2. The maximum absolute atomic E-state index is 15.5. The van der Waals surface area contributed by atoms with E-state index >= 15 is 4.39 Å². The second-order valence-electron chi connectivity index (χ2n) is 15.4. The zero-order chi connectivity index (χ0) is 48.5. The number of Topliss-reactive ketones (excluding diaryl/α,β-unsaturated/α-hetero) is 1. The number of ether oxygens (including phenoxy) is 4. The second-order valence-corrected chi connectivity index (χ2v) is 17.0. The van der Waals surface area contributed by atoms with Crippen molar-refractivity contribution in [3.63, 3.8) is 0 Å². The summed E-state index contributed by atoms with van der Waals surface area (Å²) < 4.78 is 49.6. The van der Waals surface area contributed by atoms with Gasteiger partial charge in [-0.2, -0.15) is 0 Å². The predicted octanol–water partition coefficient (Wildman–Crippen LogP) is 7.48. The average Bonchev–Trinajstić information content (AvgIpc) is 3.89. The summed E-state index contributed by atoms with van der Waals surface area (Å²) >= 11 is 23.8. The van der Waals surface area contributed by atoms with Crippen molar-refractivity contribution in [2.45, 2.75) is 62.4 Å². The van der Waals surface area contributed by atoms with Gasteiger partial charge in [0.15, 0.2) is 21.9 Å². The lowest BCUT2D eigenvalue weighted by molar-refractivity contribution is -0.146. The van der Waals surface area contributed by atoms with Gasteiger partial charge in [-0.05, 0) is 80.3 Å². The molecule has 0 unspecified atom stereocenters. The first kappa shape index (κ1) is 51.3. The number of amides is 2. The lowest BCUT2D eigenvalue weighted by atomic mass is 9.57. The number of pyridine rings is 2. The monoisotopic (exact) mass is 1000 g/mol. The maximum atomic E-state index is 15.5. The van der Waals surface area contributed by atoms with Crippen molar-refractivity contribution in [2.24, 2.45) is 5.73 Å². The summed E-state index contributed by atoms with van der Waals surface area (Å²) in [6.07, 6.45) is 6.33. The van der Waals surface area contributed by atoms with Gasteiger partial charge < -0.3 is 35.3 Å². The summed E-state index contributed by atoms with van der Waals surface area (Å²) in [5, 5.41) is 9.46. The van der Waals surface area contributed by atoms with E-state index in [1.165, 1.54) is 30.6 Å². The largest absolute Gasteiger partial charge is 0.465 e. The fourth-order valence-corrected chi connectivity index (χ4v) is 9.41. The third kappa shape index (κ3) is 10.9. The zero-order valence-electron chi connectivity index (χ0n) is 36.2. The lowest BCUT2D eigenvalue weighted by Gasteiger charge is -2.46. The van der Waals surface area contributed by atoms with Crippen LogP contribution in [0.5, 0.6) is 0 Å². The highest BCUT2D eigenvalue weighted by Gasteiger charge is 2.73. The van der Waals surface area contributed by atoms with Crippen LogP contribution >= 0.6 is 46.4 Å². The van der Waals surface area contributed by atoms with Gasteiger partial charge >= 0.3 is 11.9 Å². The summed E-state index contributed by atoms with van der Waals surface area (Å²) in [5.41, 5.74) is 5.82. The Hall–Kier alpha value is -5.11. The van der Waals surface area contributed by atoms with Gasteiger partial charge in [-0.25, -0.2) is 18.7 Å². The van der Waals surface area contributed by atoms with Crippen LogP contribution in [0.4, 0.5) is 20.2 Å². The van der Waals surface area contributed by atoms with Gasteiger partial charge in [0.2, 0.25) is 5.91 Å². The molecule has 5 N–H and O–H groups in total. The molecule has 2 aromatic carbocycles. The molecule has 2 amide bonds. The zero-order valence-corrected chi connectivity index (χ0v) is 39.2. The molecule has 15 nitrogen and oxygen atoms in total. The fourth-order valence-electron chi connectivity index (χ4n) is 8.73. The van der Waals surface area contributed by atoms with Crippen LogP contribution in [0.3, 0.4) is 0 Å². The molecule has 7 heterocycles. The van der Waals surface area contributed by atoms with E-state index in [0.717, 1.165) is 0 Å². The van der Waals surface area contributed by atoms with Crippen LogP contribution in [-0.2, 0) is 48.3 Å². The Kier molecular flexibility index (Phi) is 17.4. The highest BCUT2D eigenvalue weighted by Crippen LogP contribution is 2.62. The van der Waals surface area contributed by atoms with Gasteiger partial charge in [-0.1, -0.05) is 58.5 Å². The van der Waals surface area contributed by atoms with Crippen LogP contribution < -0.4 is 21.7 Å². The molecule has 0 radical (unpaired) electrons. The van der Waals surface area contributed by atoms with Crippen molar-refractivity contribution in [3.8, 4) is 0 Å². The van der Waals surface area contributed by atoms with E-state index in [2.05, 4.69) is 30.7 Å². The van der Waals surface area contributed by atoms with E-state index < -0.39 is 40.5 Å². The molecule has 4 aromatic rings. The van der Waals surface area contributed by atoms with Crippen molar-refractivity contribution in [2.75, 3.05) is 56.8 Å². The van der Waals surface area contributed by atoms with Gasteiger partial charge in [0.1, 0.15) is 17.2 Å². The average molecular weight is 1010 g/mol. The maximum Gasteiger partial charge on any atom is 0.323 e. The van der Waals surface area contributed by atoms with Gasteiger partial charge in [-0.15, -0.1) is 0 Å². The van der Waals surface area contributed by atoms with Crippen molar-refractivity contribution in [1.29, 1.82) is 0 Å².